The molecule has 0 aliphatic carbocycles. The SMILES string of the molecule is COc1cc(OC)c(OC)cc1CNC(=O)c1c(-c2ccccc2Cl)noc1C. The predicted octanol–water partition coefficient (Wildman–Crippen LogP) is 4.26. The van der Waals surface area contributed by atoms with Crippen LogP contribution in [0.5, 0.6) is 17.2 Å². The molecule has 29 heavy (non-hydrogen) atoms. The zero-order valence-electron chi connectivity index (χ0n) is 16.5. The fourth-order valence-corrected chi connectivity index (χ4v) is 3.20. The van der Waals surface area contributed by atoms with Crippen LogP contribution < -0.4 is 19.5 Å². The molecule has 8 heteroatoms. The van der Waals surface area contributed by atoms with E-state index in [1.54, 1.807) is 52.5 Å². The van der Waals surface area contributed by atoms with Gasteiger partial charge in [-0.1, -0.05) is 35.0 Å². The van der Waals surface area contributed by atoms with Crippen LogP contribution in [0.1, 0.15) is 21.7 Å². The quantitative estimate of drug-likeness (QED) is 0.619. The van der Waals surface area contributed by atoms with Gasteiger partial charge in [-0.3, -0.25) is 4.79 Å². The normalized spacial score (nSPS) is 10.5. The average Bonchev–Trinajstić information content (AvgIpc) is 3.12. The summed E-state index contributed by atoms with van der Waals surface area (Å²) in [7, 11) is 4.64. The lowest BCUT2D eigenvalue weighted by atomic mass is 10.1. The Kier molecular flexibility index (Phi) is 6.29. The third-order valence-electron chi connectivity index (χ3n) is 4.44. The fraction of sp³-hybridized carbons (Fsp3) is 0.238. The van der Waals surface area contributed by atoms with Crippen molar-refractivity contribution in [3.63, 3.8) is 0 Å². The Bertz CT molecular complexity index is 1030. The van der Waals surface area contributed by atoms with Crippen molar-refractivity contribution >= 4 is 17.5 Å². The Hall–Kier alpha value is -3.19. The van der Waals surface area contributed by atoms with Gasteiger partial charge in [0.15, 0.2) is 11.5 Å². The number of nitrogens with zero attached hydrogens (tertiary/aromatic N) is 1. The summed E-state index contributed by atoms with van der Waals surface area (Å²) in [6.45, 7) is 1.88. The number of methoxy groups -OCH3 is 3. The van der Waals surface area contributed by atoms with Crippen LogP contribution >= 0.6 is 11.6 Å². The highest BCUT2D eigenvalue weighted by molar-refractivity contribution is 6.33. The Morgan fingerprint density at radius 1 is 1.07 bits per heavy atom. The van der Waals surface area contributed by atoms with E-state index in [4.69, 9.17) is 30.3 Å². The molecule has 0 saturated carbocycles. The minimum absolute atomic E-state index is 0.203. The number of rotatable bonds is 7. The van der Waals surface area contributed by atoms with E-state index in [9.17, 15) is 4.79 Å². The predicted molar refractivity (Wildman–Crippen MR) is 109 cm³/mol. The molecule has 1 aromatic heterocycles. The van der Waals surface area contributed by atoms with Crippen molar-refractivity contribution in [2.45, 2.75) is 13.5 Å². The molecule has 0 unspecified atom stereocenters. The lowest BCUT2D eigenvalue weighted by Crippen LogP contribution is -2.24. The van der Waals surface area contributed by atoms with Gasteiger partial charge < -0.3 is 24.1 Å². The minimum Gasteiger partial charge on any atom is -0.496 e. The van der Waals surface area contributed by atoms with Crippen molar-refractivity contribution in [3.05, 3.63) is 58.3 Å². The molecule has 7 nitrogen and oxygen atoms in total. The highest BCUT2D eigenvalue weighted by Gasteiger charge is 2.23. The summed E-state index contributed by atoms with van der Waals surface area (Å²) in [4.78, 5) is 12.9. The first kappa shape index (κ1) is 20.5. The topological polar surface area (TPSA) is 82.8 Å². The largest absolute Gasteiger partial charge is 0.496 e. The molecule has 152 valence electrons. The summed E-state index contributed by atoms with van der Waals surface area (Å²) >= 11 is 6.26. The second-order valence-corrected chi connectivity index (χ2v) is 6.55. The number of aromatic nitrogens is 1. The van der Waals surface area contributed by atoms with Crippen LogP contribution in [-0.2, 0) is 6.54 Å². The number of aryl methyl sites for hydroxylation is 1. The summed E-state index contributed by atoms with van der Waals surface area (Å²) < 4.78 is 21.3. The number of amides is 1. The van der Waals surface area contributed by atoms with Gasteiger partial charge in [0.05, 0.1) is 26.4 Å². The molecule has 0 aliphatic heterocycles. The van der Waals surface area contributed by atoms with Crippen molar-refractivity contribution in [1.82, 2.24) is 10.5 Å². The molecule has 3 rings (SSSR count). The molecule has 1 heterocycles. The van der Waals surface area contributed by atoms with E-state index in [-0.39, 0.29) is 12.5 Å². The second-order valence-electron chi connectivity index (χ2n) is 6.14. The maximum absolute atomic E-state index is 12.9. The van der Waals surface area contributed by atoms with Crippen LogP contribution in [0, 0.1) is 6.92 Å². The van der Waals surface area contributed by atoms with E-state index in [1.807, 2.05) is 12.1 Å². The van der Waals surface area contributed by atoms with Gasteiger partial charge >= 0.3 is 0 Å². The third kappa shape index (κ3) is 4.14. The molecule has 0 bridgehead atoms. The van der Waals surface area contributed by atoms with E-state index in [2.05, 4.69) is 10.5 Å². The molecular weight excluding hydrogens is 396 g/mol. The molecular formula is C21H21ClN2O5. The third-order valence-corrected chi connectivity index (χ3v) is 4.77. The highest BCUT2D eigenvalue weighted by atomic mass is 35.5. The van der Waals surface area contributed by atoms with E-state index < -0.39 is 0 Å². The van der Waals surface area contributed by atoms with E-state index in [0.717, 1.165) is 5.56 Å². The first-order valence-corrected chi connectivity index (χ1v) is 9.16. The van der Waals surface area contributed by atoms with Crippen LogP contribution in [0.4, 0.5) is 0 Å². The number of halogens is 1. The van der Waals surface area contributed by atoms with Crippen LogP contribution in [0.25, 0.3) is 11.3 Å². The van der Waals surface area contributed by atoms with Crippen LogP contribution in [0.2, 0.25) is 5.02 Å². The van der Waals surface area contributed by atoms with Crippen molar-refractivity contribution in [2.75, 3.05) is 21.3 Å². The van der Waals surface area contributed by atoms with Crippen molar-refractivity contribution < 1.29 is 23.5 Å². The number of hydrogen-bond acceptors (Lipinski definition) is 6. The first-order valence-electron chi connectivity index (χ1n) is 8.78. The average molecular weight is 417 g/mol. The smallest absolute Gasteiger partial charge is 0.257 e. The van der Waals surface area contributed by atoms with E-state index in [0.29, 0.717) is 44.9 Å². The molecule has 0 radical (unpaired) electrons. The molecule has 0 atom stereocenters. The number of carbonyl (C=O) groups is 1. The van der Waals surface area contributed by atoms with Crippen LogP contribution in [0.3, 0.4) is 0 Å². The molecule has 0 spiro atoms. The van der Waals surface area contributed by atoms with Gasteiger partial charge in [-0.15, -0.1) is 0 Å². The van der Waals surface area contributed by atoms with Gasteiger partial charge in [-0.05, 0) is 19.1 Å². The Morgan fingerprint density at radius 3 is 2.38 bits per heavy atom. The van der Waals surface area contributed by atoms with Crippen molar-refractivity contribution in [3.8, 4) is 28.5 Å². The lowest BCUT2D eigenvalue weighted by molar-refractivity contribution is 0.0949. The van der Waals surface area contributed by atoms with Crippen molar-refractivity contribution in [1.29, 1.82) is 0 Å². The zero-order valence-corrected chi connectivity index (χ0v) is 17.3. The van der Waals surface area contributed by atoms with Gasteiger partial charge in [-0.25, -0.2) is 0 Å². The number of nitrogens with one attached hydrogen (secondary N) is 1. The number of carbonyl (C=O) groups excluding carboxylic acids is 1. The molecule has 2 aromatic carbocycles. The number of ether oxygens (including phenoxy) is 3. The Labute approximate surface area is 173 Å². The summed E-state index contributed by atoms with van der Waals surface area (Å²) in [5.41, 5.74) is 2.08. The highest BCUT2D eigenvalue weighted by Crippen LogP contribution is 2.35. The van der Waals surface area contributed by atoms with Crippen LogP contribution in [0.15, 0.2) is 40.9 Å². The summed E-state index contributed by atoms with van der Waals surface area (Å²) in [6.07, 6.45) is 0. The van der Waals surface area contributed by atoms with Gasteiger partial charge in [0.25, 0.3) is 5.91 Å². The van der Waals surface area contributed by atoms with Gasteiger partial charge in [-0.2, -0.15) is 0 Å². The summed E-state index contributed by atoms with van der Waals surface area (Å²) in [6, 6.07) is 10.6. The molecule has 0 saturated heterocycles. The monoisotopic (exact) mass is 416 g/mol. The Balaban J connectivity index is 1.88. The van der Waals surface area contributed by atoms with E-state index >= 15 is 0 Å². The Morgan fingerprint density at radius 2 is 1.72 bits per heavy atom. The maximum atomic E-state index is 12.9. The minimum atomic E-state index is -0.337. The molecule has 0 fully saturated rings. The van der Waals surface area contributed by atoms with Crippen LogP contribution in [-0.4, -0.2) is 32.4 Å². The lowest BCUT2D eigenvalue weighted by Gasteiger charge is -2.14. The van der Waals surface area contributed by atoms with E-state index in [1.165, 1.54) is 0 Å². The van der Waals surface area contributed by atoms with Crippen molar-refractivity contribution in [2.24, 2.45) is 0 Å². The second kappa shape index (κ2) is 8.87. The molecule has 0 aliphatic rings. The van der Waals surface area contributed by atoms with Gasteiger partial charge in [0, 0.05) is 23.7 Å². The first-order chi connectivity index (χ1) is 14.0. The molecule has 3 aromatic rings. The van der Waals surface area contributed by atoms with Gasteiger partial charge in [0.2, 0.25) is 0 Å². The number of hydrogen-bond donors (Lipinski definition) is 1. The molecule has 1 amide bonds. The summed E-state index contributed by atoms with van der Waals surface area (Å²) in [5, 5.41) is 7.38. The molecule has 1 N–H and O–H groups in total. The number of benzene rings is 2. The van der Waals surface area contributed by atoms with Gasteiger partial charge in [0.1, 0.15) is 22.8 Å². The standard InChI is InChI=1S/C21H21ClN2O5/c1-12-19(20(24-29-12)14-7-5-6-8-15(14)22)21(25)23-11-13-9-17(27-3)18(28-4)10-16(13)26-2/h5-10H,11H2,1-4H3,(H,23,25). The maximum Gasteiger partial charge on any atom is 0.257 e. The zero-order chi connectivity index (χ0) is 21.0. The fourth-order valence-electron chi connectivity index (χ4n) is 2.97. The summed E-state index contributed by atoms with van der Waals surface area (Å²) in [5.74, 6) is 1.70.